The molecule has 1 atom stereocenters. The second-order valence-electron chi connectivity index (χ2n) is 5.03. The molecule has 1 aliphatic rings. The smallest absolute Gasteiger partial charge is 0.377 e. The zero-order valence-electron chi connectivity index (χ0n) is 13.1. The summed E-state index contributed by atoms with van der Waals surface area (Å²) in [6.07, 6.45) is 3.12. The number of carbonyl (C=O) groups excluding carboxylic acids is 2. The van der Waals surface area contributed by atoms with E-state index >= 15 is 0 Å². The lowest BCUT2D eigenvalue weighted by atomic mass is 10.0. The number of hydrogen-bond acceptors (Lipinski definition) is 5. The Balaban J connectivity index is 2.34. The predicted molar refractivity (Wildman–Crippen MR) is 79.6 cm³/mol. The van der Waals surface area contributed by atoms with E-state index in [-0.39, 0.29) is 11.8 Å². The lowest BCUT2D eigenvalue weighted by molar-refractivity contribution is -0.135. The first-order valence-electron chi connectivity index (χ1n) is 7.29. The number of hydrogen-bond donors (Lipinski definition) is 2. The van der Waals surface area contributed by atoms with Crippen molar-refractivity contribution >= 4 is 20.6 Å². The van der Waals surface area contributed by atoms with E-state index in [0.717, 1.165) is 12.8 Å². The monoisotopic (exact) mass is 318 g/mol. The second-order valence-corrected chi connectivity index (χ2v) is 8.12. The fourth-order valence-corrected chi connectivity index (χ4v) is 4.11. The van der Waals surface area contributed by atoms with Gasteiger partial charge in [0, 0.05) is 40.5 Å². The minimum absolute atomic E-state index is 0.167. The van der Waals surface area contributed by atoms with Crippen LogP contribution in [0.25, 0.3) is 0 Å². The van der Waals surface area contributed by atoms with Gasteiger partial charge in [-0.2, -0.15) is 0 Å². The minimum atomic E-state index is -2.58. The van der Waals surface area contributed by atoms with Gasteiger partial charge in [-0.15, -0.1) is 0 Å². The molecule has 8 heteroatoms. The first-order valence-corrected chi connectivity index (χ1v) is 9.22. The van der Waals surface area contributed by atoms with Gasteiger partial charge in [0.2, 0.25) is 11.8 Å². The molecule has 0 radical (unpaired) electrons. The lowest BCUT2D eigenvalue weighted by Crippen LogP contribution is -2.44. The lowest BCUT2D eigenvalue weighted by Gasteiger charge is -2.24. The molecule has 0 spiro atoms. The fourth-order valence-electron chi connectivity index (χ4n) is 2.39. The van der Waals surface area contributed by atoms with Crippen LogP contribution < -0.4 is 10.6 Å². The topological polar surface area (TPSA) is 85.9 Å². The Bertz CT molecular complexity index is 341. The van der Waals surface area contributed by atoms with E-state index in [1.807, 2.05) is 0 Å². The third kappa shape index (κ3) is 5.38. The highest BCUT2D eigenvalue weighted by atomic mass is 28.4. The molecule has 0 aromatic rings. The first kappa shape index (κ1) is 18.1. The average Bonchev–Trinajstić information content (AvgIpc) is 2.72. The zero-order valence-corrected chi connectivity index (χ0v) is 14.1. The van der Waals surface area contributed by atoms with E-state index in [1.54, 1.807) is 21.3 Å². The van der Waals surface area contributed by atoms with Gasteiger partial charge in [-0.25, -0.2) is 0 Å². The first-order chi connectivity index (χ1) is 10.1. The standard InChI is InChI=1S/C13H26N2O5Si/c1-18-21(19-2,20-3)10-6-9-15-13(17)11-7-4-5-8-14-12(11)16/h11H,4-10H2,1-3H3,(H,14,16)(H,15,17). The maximum absolute atomic E-state index is 12.0. The molecule has 0 aromatic heterocycles. The van der Waals surface area contributed by atoms with E-state index in [1.165, 1.54) is 0 Å². The van der Waals surface area contributed by atoms with Crippen molar-refractivity contribution in [2.24, 2.45) is 5.92 Å². The van der Waals surface area contributed by atoms with Crippen LogP contribution in [0.4, 0.5) is 0 Å². The van der Waals surface area contributed by atoms with Gasteiger partial charge < -0.3 is 23.9 Å². The largest absolute Gasteiger partial charge is 0.500 e. The summed E-state index contributed by atoms with van der Waals surface area (Å²) in [4.78, 5) is 23.8. The Morgan fingerprint density at radius 2 is 1.95 bits per heavy atom. The van der Waals surface area contributed by atoms with Gasteiger partial charge >= 0.3 is 8.80 Å². The third-order valence-electron chi connectivity index (χ3n) is 3.74. The van der Waals surface area contributed by atoms with Gasteiger partial charge in [-0.1, -0.05) is 6.42 Å². The van der Waals surface area contributed by atoms with Crippen molar-refractivity contribution < 1.29 is 22.9 Å². The molecule has 1 unspecified atom stereocenters. The number of rotatable bonds is 8. The van der Waals surface area contributed by atoms with Crippen molar-refractivity contribution in [1.29, 1.82) is 0 Å². The molecule has 122 valence electrons. The molecule has 1 heterocycles. The molecule has 0 aliphatic carbocycles. The van der Waals surface area contributed by atoms with Crippen LogP contribution >= 0.6 is 0 Å². The van der Waals surface area contributed by atoms with Gasteiger partial charge in [0.25, 0.3) is 0 Å². The highest BCUT2D eigenvalue weighted by molar-refractivity contribution is 6.60. The highest BCUT2D eigenvalue weighted by Gasteiger charge is 2.37. The van der Waals surface area contributed by atoms with Crippen molar-refractivity contribution in [3.05, 3.63) is 0 Å². The van der Waals surface area contributed by atoms with Crippen LogP contribution in [-0.4, -0.2) is 55.0 Å². The zero-order chi connectivity index (χ0) is 15.7. The average molecular weight is 318 g/mol. The Labute approximate surface area is 127 Å². The summed E-state index contributed by atoms with van der Waals surface area (Å²) in [6.45, 7) is 1.14. The van der Waals surface area contributed by atoms with Crippen LogP contribution in [-0.2, 0) is 22.9 Å². The van der Waals surface area contributed by atoms with Gasteiger partial charge in [0.15, 0.2) is 0 Å². The van der Waals surface area contributed by atoms with Gasteiger partial charge in [-0.3, -0.25) is 9.59 Å². The van der Waals surface area contributed by atoms with Crippen molar-refractivity contribution in [1.82, 2.24) is 10.6 Å². The van der Waals surface area contributed by atoms with Crippen molar-refractivity contribution in [3.63, 3.8) is 0 Å². The second kappa shape index (κ2) is 9.14. The molecule has 2 N–H and O–H groups in total. The van der Waals surface area contributed by atoms with E-state index in [4.69, 9.17) is 13.3 Å². The van der Waals surface area contributed by atoms with E-state index in [9.17, 15) is 9.59 Å². The van der Waals surface area contributed by atoms with Crippen molar-refractivity contribution in [2.75, 3.05) is 34.4 Å². The Kier molecular flexibility index (Phi) is 7.87. The van der Waals surface area contributed by atoms with E-state index in [0.29, 0.717) is 32.0 Å². The molecular formula is C13H26N2O5Si. The minimum Gasteiger partial charge on any atom is -0.377 e. The maximum Gasteiger partial charge on any atom is 0.500 e. The number of amides is 2. The summed E-state index contributed by atoms with van der Waals surface area (Å²) in [5.74, 6) is -0.935. The summed E-state index contributed by atoms with van der Waals surface area (Å²) in [7, 11) is 2.11. The number of carbonyl (C=O) groups is 2. The summed E-state index contributed by atoms with van der Waals surface area (Å²) < 4.78 is 15.9. The molecule has 1 saturated heterocycles. The molecule has 1 rings (SSSR count). The molecule has 1 aliphatic heterocycles. The molecule has 2 amide bonds. The summed E-state index contributed by atoms with van der Waals surface area (Å²) >= 11 is 0. The molecule has 0 bridgehead atoms. The Hall–Kier alpha value is -0.963. The number of nitrogens with one attached hydrogen (secondary N) is 2. The van der Waals surface area contributed by atoms with Crippen LogP contribution in [0.1, 0.15) is 25.7 Å². The molecule has 1 fully saturated rings. The summed E-state index contributed by atoms with van der Waals surface area (Å²) in [6, 6.07) is 0.619. The molecule has 0 aromatic carbocycles. The van der Waals surface area contributed by atoms with Crippen molar-refractivity contribution in [2.45, 2.75) is 31.7 Å². The normalized spacial score (nSPS) is 19.8. The van der Waals surface area contributed by atoms with Crippen LogP contribution in [0.15, 0.2) is 0 Å². The predicted octanol–water partition coefficient (Wildman–Crippen LogP) is 0.287. The summed E-state index contributed by atoms with van der Waals surface area (Å²) in [5.41, 5.74) is 0. The third-order valence-corrected chi connectivity index (χ3v) is 6.58. The van der Waals surface area contributed by atoms with Crippen molar-refractivity contribution in [3.8, 4) is 0 Å². The van der Waals surface area contributed by atoms with Gasteiger partial charge in [-0.05, 0) is 19.3 Å². The van der Waals surface area contributed by atoms with E-state index in [2.05, 4.69) is 10.6 Å². The van der Waals surface area contributed by atoms with E-state index < -0.39 is 14.7 Å². The van der Waals surface area contributed by atoms with Gasteiger partial charge in [0.05, 0.1) is 0 Å². The van der Waals surface area contributed by atoms with Crippen LogP contribution in [0.5, 0.6) is 0 Å². The van der Waals surface area contributed by atoms with Crippen LogP contribution in [0.3, 0.4) is 0 Å². The quantitative estimate of drug-likeness (QED) is 0.382. The molecule has 0 saturated carbocycles. The highest BCUT2D eigenvalue weighted by Crippen LogP contribution is 2.15. The molecule has 21 heavy (non-hydrogen) atoms. The van der Waals surface area contributed by atoms with Crippen LogP contribution in [0.2, 0.25) is 6.04 Å². The molecular weight excluding hydrogens is 292 g/mol. The maximum atomic E-state index is 12.0. The fraction of sp³-hybridized carbons (Fsp3) is 0.846. The molecule has 7 nitrogen and oxygen atoms in total. The Morgan fingerprint density at radius 1 is 1.29 bits per heavy atom. The van der Waals surface area contributed by atoms with Crippen LogP contribution in [0, 0.1) is 5.92 Å². The Morgan fingerprint density at radius 3 is 2.57 bits per heavy atom. The van der Waals surface area contributed by atoms with Gasteiger partial charge in [0.1, 0.15) is 5.92 Å². The SMILES string of the molecule is CO[Si](CCCNC(=O)C1CCCCNC1=O)(OC)OC. The summed E-state index contributed by atoms with van der Waals surface area (Å²) in [5, 5.41) is 5.58.